The van der Waals surface area contributed by atoms with E-state index in [0.717, 1.165) is 42.2 Å². The summed E-state index contributed by atoms with van der Waals surface area (Å²) in [7, 11) is 0. The first kappa shape index (κ1) is 14.2. The Morgan fingerprint density at radius 3 is 2.90 bits per heavy atom. The van der Waals surface area contributed by atoms with Crippen molar-refractivity contribution in [3.63, 3.8) is 0 Å². The number of anilines is 1. The highest BCUT2D eigenvalue weighted by atomic mass is 15.2. The predicted octanol–water partition coefficient (Wildman–Crippen LogP) is 1.77. The maximum Gasteiger partial charge on any atom is 0.145 e. The molecule has 0 bridgehead atoms. The number of nitrogen functional groups attached to an aromatic ring is 1. The molecule has 1 aromatic heterocycles. The molecule has 0 amide bonds. The molecule has 3 rings (SSSR count). The summed E-state index contributed by atoms with van der Waals surface area (Å²) in [5.74, 6) is 2.10. The van der Waals surface area contributed by atoms with Crippen LogP contribution in [0.25, 0.3) is 10.9 Å². The van der Waals surface area contributed by atoms with Crippen LogP contribution in [0.1, 0.15) is 25.6 Å². The van der Waals surface area contributed by atoms with Gasteiger partial charge in [-0.1, -0.05) is 19.1 Å². The standard InChI is InChI=1S/C16H23N5/c1-11-6-7-21(12(8-11)9-17)10-15-19-14-5-3-2-4-13(14)16(18)20-15/h2-5,11-12H,6-10,17H2,1H3,(H2,18,19,20). The number of hydrogen-bond acceptors (Lipinski definition) is 5. The summed E-state index contributed by atoms with van der Waals surface area (Å²) in [5, 5.41) is 0.920. The molecule has 0 radical (unpaired) electrons. The predicted molar refractivity (Wildman–Crippen MR) is 85.6 cm³/mol. The van der Waals surface area contributed by atoms with Gasteiger partial charge in [0.05, 0.1) is 12.1 Å². The molecule has 1 saturated heterocycles. The second-order valence-electron chi connectivity index (χ2n) is 6.03. The van der Waals surface area contributed by atoms with Crippen molar-refractivity contribution in [1.29, 1.82) is 0 Å². The summed E-state index contributed by atoms with van der Waals surface area (Å²) in [6.07, 6.45) is 2.36. The van der Waals surface area contributed by atoms with Gasteiger partial charge in [0.25, 0.3) is 0 Å². The molecule has 2 heterocycles. The van der Waals surface area contributed by atoms with E-state index in [1.165, 1.54) is 6.42 Å². The molecule has 1 fully saturated rings. The third-order valence-corrected chi connectivity index (χ3v) is 4.40. The van der Waals surface area contributed by atoms with Crippen LogP contribution in [0.5, 0.6) is 0 Å². The normalized spacial score (nSPS) is 23.5. The summed E-state index contributed by atoms with van der Waals surface area (Å²) in [4.78, 5) is 11.5. The average Bonchev–Trinajstić information content (AvgIpc) is 2.49. The highest BCUT2D eigenvalue weighted by molar-refractivity contribution is 5.87. The molecular formula is C16H23N5. The molecule has 0 aliphatic carbocycles. The molecule has 21 heavy (non-hydrogen) atoms. The largest absolute Gasteiger partial charge is 0.383 e. The van der Waals surface area contributed by atoms with Gasteiger partial charge in [0.1, 0.15) is 11.6 Å². The number of benzene rings is 1. The van der Waals surface area contributed by atoms with E-state index in [2.05, 4.69) is 21.8 Å². The number of para-hydroxylation sites is 1. The lowest BCUT2D eigenvalue weighted by Crippen LogP contribution is -2.45. The first-order chi connectivity index (χ1) is 10.2. The molecule has 112 valence electrons. The number of piperidine rings is 1. The number of nitrogens with two attached hydrogens (primary N) is 2. The highest BCUT2D eigenvalue weighted by Crippen LogP contribution is 2.24. The van der Waals surface area contributed by atoms with E-state index in [0.29, 0.717) is 18.4 Å². The molecule has 5 heteroatoms. The second kappa shape index (κ2) is 5.95. The van der Waals surface area contributed by atoms with E-state index >= 15 is 0 Å². The molecule has 2 unspecified atom stereocenters. The Kier molecular flexibility index (Phi) is 4.03. The first-order valence-corrected chi connectivity index (χ1v) is 7.62. The van der Waals surface area contributed by atoms with Gasteiger partial charge in [-0.3, -0.25) is 4.90 Å². The molecule has 1 aromatic carbocycles. The summed E-state index contributed by atoms with van der Waals surface area (Å²) in [6, 6.07) is 8.29. The molecule has 5 nitrogen and oxygen atoms in total. The lowest BCUT2D eigenvalue weighted by molar-refractivity contribution is 0.112. The average molecular weight is 285 g/mol. The number of nitrogens with zero attached hydrogens (tertiary/aromatic N) is 3. The topological polar surface area (TPSA) is 81.1 Å². The second-order valence-corrected chi connectivity index (χ2v) is 6.03. The van der Waals surface area contributed by atoms with Gasteiger partial charge < -0.3 is 11.5 Å². The lowest BCUT2D eigenvalue weighted by Gasteiger charge is -2.37. The van der Waals surface area contributed by atoms with Crippen molar-refractivity contribution in [2.75, 3.05) is 18.8 Å². The number of hydrogen-bond donors (Lipinski definition) is 2. The van der Waals surface area contributed by atoms with Gasteiger partial charge in [-0.15, -0.1) is 0 Å². The van der Waals surface area contributed by atoms with Crippen molar-refractivity contribution in [1.82, 2.24) is 14.9 Å². The minimum absolute atomic E-state index is 0.421. The zero-order valence-electron chi connectivity index (χ0n) is 12.5. The fraction of sp³-hybridized carbons (Fsp3) is 0.500. The van der Waals surface area contributed by atoms with Crippen LogP contribution in [0.2, 0.25) is 0 Å². The third-order valence-electron chi connectivity index (χ3n) is 4.40. The van der Waals surface area contributed by atoms with Crippen LogP contribution in [0.3, 0.4) is 0 Å². The maximum atomic E-state index is 6.06. The summed E-state index contributed by atoms with van der Waals surface area (Å²) in [6.45, 7) is 4.76. The fourth-order valence-corrected chi connectivity index (χ4v) is 3.16. The van der Waals surface area contributed by atoms with E-state index < -0.39 is 0 Å². The van der Waals surface area contributed by atoms with E-state index in [-0.39, 0.29) is 0 Å². The van der Waals surface area contributed by atoms with E-state index in [1.54, 1.807) is 0 Å². The zero-order chi connectivity index (χ0) is 14.8. The molecular weight excluding hydrogens is 262 g/mol. The summed E-state index contributed by atoms with van der Waals surface area (Å²) in [5.41, 5.74) is 12.9. The lowest BCUT2D eigenvalue weighted by atomic mass is 9.92. The molecule has 4 N–H and O–H groups in total. The zero-order valence-corrected chi connectivity index (χ0v) is 12.5. The molecule has 1 aliphatic rings. The Labute approximate surface area is 125 Å². The van der Waals surface area contributed by atoms with Crippen molar-refractivity contribution >= 4 is 16.7 Å². The van der Waals surface area contributed by atoms with Crippen LogP contribution in [-0.4, -0.2) is 34.0 Å². The molecule has 2 atom stereocenters. The summed E-state index contributed by atoms with van der Waals surface area (Å²) >= 11 is 0. The van der Waals surface area contributed by atoms with Crippen LogP contribution in [0, 0.1) is 5.92 Å². The number of aromatic nitrogens is 2. The van der Waals surface area contributed by atoms with Crippen LogP contribution in [-0.2, 0) is 6.54 Å². The highest BCUT2D eigenvalue weighted by Gasteiger charge is 2.26. The molecule has 2 aromatic rings. The smallest absolute Gasteiger partial charge is 0.145 e. The fourth-order valence-electron chi connectivity index (χ4n) is 3.16. The quantitative estimate of drug-likeness (QED) is 0.898. The van der Waals surface area contributed by atoms with Crippen molar-refractivity contribution in [2.24, 2.45) is 11.7 Å². The van der Waals surface area contributed by atoms with Crippen LogP contribution in [0.15, 0.2) is 24.3 Å². The van der Waals surface area contributed by atoms with Gasteiger partial charge in [0.15, 0.2) is 0 Å². The Hall–Kier alpha value is -1.72. The number of rotatable bonds is 3. The van der Waals surface area contributed by atoms with Gasteiger partial charge in [-0.05, 0) is 37.4 Å². The van der Waals surface area contributed by atoms with Crippen LogP contribution >= 0.6 is 0 Å². The number of likely N-dealkylation sites (tertiary alicyclic amines) is 1. The van der Waals surface area contributed by atoms with Gasteiger partial charge in [0, 0.05) is 18.0 Å². The van der Waals surface area contributed by atoms with Gasteiger partial charge >= 0.3 is 0 Å². The molecule has 0 saturated carbocycles. The monoisotopic (exact) mass is 285 g/mol. The van der Waals surface area contributed by atoms with E-state index in [1.807, 2.05) is 24.3 Å². The Bertz CT molecular complexity index is 627. The SMILES string of the molecule is CC1CCN(Cc2nc(N)c3ccccc3n2)C(CN)C1. The van der Waals surface area contributed by atoms with Crippen molar-refractivity contribution in [3.8, 4) is 0 Å². The van der Waals surface area contributed by atoms with E-state index in [9.17, 15) is 0 Å². The summed E-state index contributed by atoms with van der Waals surface area (Å²) < 4.78 is 0. The van der Waals surface area contributed by atoms with Crippen LogP contribution in [0.4, 0.5) is 5.82 Å². The van der Waals surface area contributed by atoms with Crippen molar-refractivity contribution < 1.29 is 0 Å². The van der Waals surface area contributed by atoms with Gasteiger partial charge in [-0.25, -0.2) is 9.97 Å². The Morgan fingerprint density at radius 1 is 1.29 bits per heavy atom. The Balaban J connectivity index is 1.84. The number of fused-ring (bicyclic) bond motifs is 1. The molecule has 0 spiro atoms. The first-order valence-electron chi connectivity index (χ1n) is 7.62. The van der Waals surface area contributed by atoms with Gasteiger partial charge in [-0.2, -0.15) is 0 Å². The van der Waals surface area contributed by atoms with Crippen molar-refractivity contribution in [3.05, 3.63) is 30.1 Å². The van der Waals surface area contributed by atoms with Gasteiger partial charge in [0.2, 0.25) is 0 Å². The molecule has 1 aliphatic heterocycles. The maximum absolute atomic E-state index is 6.06. The third kappa shape index (κ3) is 2.99. The van der Waals surface area contributed by atoms with Crippen LogP contribution < -0.4 is 11.5 Å². The van der Waals surface area contributed by atoms with Crippen molar-refractivity contribution in [2.45, 2.75) is 32.4 Å². The Morgan fingerprint density at radius 2 is 2.10 bits per heavy atom. The minimum Gasteiger partial charge on any atom is -0.383 e. The minimum atomic E-state index is 0.421. The van der Waals surface area contributed by atoms with E-state index in [4.69, 9.17) is 11.5 Å².